The van der Waals surface area contributed by atoms with Gasteiger partial charge in [-0.3, -0.25) is 4.99 Å². The summed E-state index contributed by atoms with van der Waals surface area (Å²) in [7, 11) is 0. The quantitative estimate of drug-likeness (QED) is 0.773. The summed E-state index contributed by atoms with van der Waals surface area (Å²) in [4.78, 5) is 11.8. The lowest BCUT2D eigenvalue weighted by Crippen LogP contribution is -2.30. The normalized spacial score (nSPS) is 20.4. The molecule has 2 rings (SSSR count). The number of hydrogen-bond donors (Lipinski definition) is 0. The van der Waals surface area contributed by atoms with Gasteiger partial charge in [0.1, 0.15) is 6.04 Å². The van der Waals surface area contributed by atoms with Crippen LogP contribution in [-0.2, 0) is 0 Å². The Morgan fingerprint density at radius 1 is 1.28 bits per heavy atom. The van der Waals surface area contributed by atoms with E-state index < -0.39 is 12.2 Å². The van der Waals surface area contributed by atoms with E-state index in [-0.39, 0.29) is 6.42 Å². The Morgan fingerprint density at radius 2 is 2.00 bits per heavy atom. The van der Waals surface area contributed by atoms with Crippen molar-refractivity contribution in [2.75, 3.05) is 0 Å². The van der Waals surface area contributed by atoms with Gasteiger partial charge in [-0.25, -0.2) is 9.97 Å². The van der Waals surface area contributed by atoms with Crippen molar-refractivity contribution in [2.24, 2.45) is 4.99 Å². The molecule has 6 heteroatoms. The fraction of sp³-hybridized carbons (Fsp3) is 0.417. The third-order valence-corrected chi connectivity index (χ3v) is 2.62. The van der Waals surface area contributed by atoms with Crippen LogP contribution in [0.1, 0.15) is 24.9 Å². The van der Waals surface area contributed by atoms with Crippen molar-refractivity contribution in [1.29, 1.82) is 0 Å². The molecule has 2 heterocycles. The number of alkyl halides is 3. The molecule has 0 spiro atoms. The van der Waals surface area contributed by atoms with Crippen LogP contribution < -0.4 is 0 Å². The molecular weight excluding hydrogens is 243 g/mol. The van der Waals surface area contributed by atoms with Gasteiger partial charge in [0.15, 0.2) is 5.82 Å². The van der Waals surface area contributed by atoms with Gasteiger partial charge in [0, 0.05) is 29.6 Å². The van der Waals surface area contributed by atoms with Crippen molar-refractivity contribution in [3.63, 3.8) is 0 Å². The van der Waals surface area contributed by atoms with Gasteiger partial charge < -0.3 is 0 Å². The highest BCUT2D eigenvalue weighted by molar-refractivity contribution is 6.00. The molecule has 1 aromatic rings. The lowest BCUT2D eigenvalue weighted by atomic mass is 10.0. The van der Waals surface area contributed by atoms with E-state index in [1.165, 1.54) is 0 Å². The smallest absolute Gasteiger partial charge is 0.277 e. The van der Waals surface area contributed by atoms with E-state index in [4.69, 9.17) is 0 Å². The Balaban J connectivity index is 2.33. The van der Waals surface area contributed by atoms with Crippen LogP contribution in [0.2, 0.25) is 0 Å². The molecule has 0 N–H and O–H groups in total. The van der Waals surface area contributed by atoms with E-state index in [2.05, 4.69) is 15.0 Å². The van der Waals surface area contributed by atoms with E-state index >= 15 is 0 Å². The first-order valence-electron chi connectivity index (χ1n) is 5.48. The molecule has 0 aromatic carbocycles. The number of aryl methyl sites for hydroxylation is 1. The van der Waals surface area contributed by atoms with E-state index in [1.54, 1.807) is 32.2 Å². The van der Waals surface area contributed by atoms with Gasteiger partial charge in [-0.05, 0) is 26.0 Å². The number of aliphatic imine (C=N–C) groups is 1. The Kier molecular flexibility index (Phi) is 3.19. The Morgan fingerprint density at radius 3 is 2.61 bits per heavy atom. The minimum atomic E-state index is -4.33. The van der Waals surface area contributed by atoms with Crippen molar-refractivity contribution >= 4 is 11.3 Å². The van der Waals surface area contributed by atoms with Crippen molar-refractivity contribution < 1.29 is 13.2 Å². The van der Waals surface area contributed by atoms with Gasteiger partial charge in [0.25, 0.3) is 0 Å². The van der Waals surface area contributed by atoms with Crippen LogP contribution in [0.15, 0.2) is 23.3 Å². The van der Waals surface area contributed by atoms with E-state index in [0.717, 1.165) is 5.69 Å². The zero-order valence-electron chi connectivity index (χ0n) is 9.99. The first-order valence-corrected chi connectivity index (χ1v) is 5.48. The summed E-state index contributed by atoms with van der Waals surface area (Å²) in [6, 6.07) is 0.0105. The molecule has 1 unspecified atom stereocenters. The number of dihydropyridines is 1. The molecule has 0 fully saturated rings. The first kappa shape index (κ1) is 12.7. The molecule has 0 bridgehead atoms. The number of hydrogen-bond acceptors (Lipinski definition) is 3. The van der Waals surface area contributed by atoms with Crippen LogP contribution >= 0.6 is 0 Å². The molecule has 1 aromatic heterocycles. The molecule has 3 nitrogen and oxygen atoms in total. The monoisotopic (exact) mass is 255 g/mol. The van der Waals surface area contributed by atoms with Gasteiger partial charge >= 0.3 is 6.18 Å². The van der Waals surface area contributed by atoms with E-state index in [9.17, 15) is 13.2 Å². The minimum Gasteiger partial charge on any atom is -0.277 e. The largest absolute Gasteiger partial charge is 0.411 e. The predicted octanol–water partition coefficient (Wildman–Crippen LogP) is 2.96. The Labute approximate surface area is 102 Å². The maximum atomic E-state index is 12.7. The summed E-state index contributed by atoms with van der Waals surface area (Å²) in [5, 5.41) is 0. The molecule has 1 aliphatic rings. The summed E-state index contributed by atoms with van der Waals surface area (Å²) < 4.78 is 38.1. The number of nitrogens with zero attached hydrogens (tertiary/aromatic N) is 3. The van der Waals surface area contributed by atoms with Crippen molar-refractivity contribution in [3.8, 4) is 0 Å². The predicted molar refractivity (Wildman–Crippen MR) is 62.3 cm³/mol. The van der Waals surface area contributed by atoms with Gasteiger partial charge in [-0.15, -0.1) is 0 Å². The lowest BCUT2D eigenvalue weighted by molar-refractivity contribution is -0.145. The van der Waals surface area contributed by atoms with Crippen LogP contribution in [0.3, 0.4) is 0 Å². The molecule has 0 amide bonds. The summed E-state index contributed by atoms with van der Waals surface area (Å²) in [5.41, 5.74) is 1.56. The molecule has 1 aliphatic heterocycles. The summed E-state index contributed by atoms with van der Waals surface area (Å²) in [5.74, 6) is 0.346. The fourth-order valence-corrected chi connectivity index (χ4v) is 1.80. The average Bonchev–Trinajstić information content (AvgIpc) is 2.27. The second-order valence-corrected chi connectivity index (χ2v) is 4.22. The van der Waals surface area contributed by atoms with Crippen LogP contribution in [0.5, 0.6) is 0 Å². The maximum absolute atomic E-state index is 12.7. The summed E-state index contributed by atoms with van der Waals surface area (Å²) >= 11 is 0. The van der Waals surface area contributed by atoms with Gasteiger partial charge in [-0.2, -0.15) is 13.2 Å². The van der Waals surface area contributed by atoms with Crippen LogP contribution in [0.4, 0.5) is 13.2 Å². The lowest BCUT2D eigenvalue weighted by Gasteiger charge is -2.21. The van der Waals surface area contributed by atoms with Crippen molar-refractivity contribution in [1.82, 2.24) is 9.97 Å². The zero-order valence-corrected chi connectivity index (χ0v) is 9.99. The molecule has 0 aliphatic carbocycles. The molecule has 0 saturated carbocycles. The van der Waals surface area contributed by atoms with Crippen LogP contribution in [-0.4, -0.2) is 27.9 Å². The summed E-state index contributed by atoms with van der Waals surface area (Å²) in [6.07, 6.45) is -1.38. The van der Waals surface area contributed by atoms with Crippen molar-refractivity contribution in [2.45, 2.75) is 32.5 Å². The van der Waals surface area contributed by atoms with Gasteiger partial charge in [0.2, 0.25) is 0 Å². The highest BCUT2D eigenvalue weighted by Gasteiger charge is 2.41. The second kappa shape index (κ2) is 4.51. The van der Waals surface area contributed by atoms with Crippen molar-refractivity contribution in [3.05, 3.63) is 29.9 Å². The minimum absolute atomic E-state index is 0.204. The highest BCUT2D eigenvalue weighted by Crippen LogP contribution is 2.32. The zero-order chi connectivity index (χ0) is 13.3. The number of halogens is 3. The molecule has 0 radical (unpaired) electrons. The topological polar surface area (TPSA) is 38.1 Å². The molecule has 18 heavy (non-hydrogen) atoms. The van der Waals surface area contributed by atoms with E-state index in [0.29, 0.717) is 17.1 Å². The average molecular weight is 255 g/mol. The number of aromatic nitrogens is 2. The number of rotatable bonds is 1. The second-order valence-electron chi connectivity index (χ2n) is 4.22. The van der Waals surface area contributed by atoms with Crippen LogP contribution in [0.25, 0.3) is 5.57 Å². The highest BCUT2D eigenvalue weighted by atomic mass is 19.4. The Bertz CT molecular complexity index is 518. The molecule has 0 saturated heterocycles. The number of allylic oxidation sites excluding steroid dienone is 1. The third-order valence-electron chi connectivity index (χ3n) is 2.62. The standard InChI is InChI=1S/C12H12F3N3/c1-7-3-4-16-11(18-7)9-5-8(2)17-10(6-9)12(13,14)15/h3-5,10H,6H2,1-2H3. The maximum Gasteiger partial charge on any atom is 0.411 e. The Hall–Kier alpha value is -1.72. The summed E-state index contributed by atoms with van der Waals surface area (Å²) in [6.45, 7) is 3.32. The molecular formula is C12H12F3N3. The van der Waals surface area contributed by atoms with Crippen LogP contribution in [0, 0.1) is 6.92 Å². The van der Waals surface area contributed by atoms with Gasteiger partial charge in [-0.1, -0.05) is 0 Å². The fourth-order valence-electron chi connectivity index (χ4n) is 1.80. The molecule has 1 atom stereocenters. The molecule has 96 valence electrons. The van der Waals surface area contributed by atoms with E-state index in [1.807, 2.05) is 0 Å². The van der Waals surface area contributed by atoms with Gasteiger partial charge in [0.05, 0.1) is 0 Å². The first-order chi connectivity index (χ1) is 8.36. The SMILES string of the molecule is CC1=NC(C(F)(F)F)CC(c2nccc(C)n2)=C1. The third kappa shape index (κ3) is 2.75.